The molecular weight excluding hydrogens is 885 g/mol. The predicted octanol–water partition coefficient (Wildman–Crippen LogP) is 6.05. The number of aliphatic hydroxyl groups excluding tert-OH is 2. The number of nitrogens with one attached hydrogen (secondary N) is 1. The fourth-order valence-electron chi connectivity index (χ4n) is 5.78. The van der Waals surface area contributed by atoms with Gasteiger partial charge in [0.15, 0.2) is 17.1 Å². The molecule has 26 heteroatoms. The highest BCUT2D eigenvalue weighted by molar-refractivity contribution is 7.86. The molecule has 6 rings (SSSR count). The molecule has 0 fully saturated rings. The van der Waals surface area contributed by atoms with Crippen molar-refractivity contribution in [2.75, 3.05) is 26.4 Å². The lowest BCUT2D eigenvalue weighted by atomic mass is 10.1. The first-order valence-corrected chi connectivity index (χ1v) is 19.6. The fourth-order valence-corrected chi connectivity index (χ4v) is 6.44. The van der Waals surface area contributed by atoms with E-state index < -0.39 is 86.0 Å². The summed E-state index contributed by atoms with van der Waals surface area (Å²) in [6, 6.07) is 14.6. The minimum absolute atomic E-state index is 0.0686. The van der Waals surface area contributed by atoms with Crippen LogP contribution in [0.3, 0.4) is 0 Å². The monoisotopic (exact) mass is 914 g/mol. The van der Waals surface area contributed by atoms with Crippen molar-refractivity contribution >= 4 is 78.9 Å². The number of aromatic carboxylic acids is 4. The van der Waals surface area contributed by atoms with Crippen LogP contribution in [0, 0.1) is 0 Å². The maximum Gasteiger partial charge on any atom is 0.356 e. The molecule has 0 bridgehead atoms. The zero-order valence-electron chi connectivity index (χ0n) is 32.6. The molecule has 1 aromatic heterocycles. The van der Waals surface area contributed by atoms with E-state index in [4.69, 9.17) is 14.6 Å². The quantitative estimate of drug-likeness (QED) is 0.0350. The molecule has 5 aromatic carbocycles. The number of hydrogen-bond donors (Lipinski definition) is 9. The Hall–Kier alpha value is -8.72. The molecule has 0 saturated carbocycles. The molecule has 65 heavy (non-hydrogen) atoms. The number of H-pyrrole nitrogens is 1. The highest BCUT2D eigenvalue weighted by Gasteiger charge is 2.24. The SMILES string of the molecule is O=C(O)c1ccc(-n2[nH]c(C(=O)O)c(N=Nc3ccc4c(O)c(N=Nc5cc(OCCO)c(N=Nc6cc(C(=O)O)ccc6C(=O)O)cc5OCCO)c(S(=O)(=O)O)cc4c3)c2=O)cc1. The van der Waals surface area contributed by atoms with Crippen LogP contribution in [0.1, 0.15) is 41.6 Å². The molecule has 0 spiro atoms. The Labute approximate surface area is 361 Å². The number of carboxylic acids is 4. The van der Waals surface area contributed by atoms with Crippen molar-refractivity contribution in [3.63, 3.8) is 0 Å². The van der Waals surface area contributed by atoms with Gasteiger partial charge in [0.05, 0.1) is 41.3 Å². The van der Waals surface area contributed by atoms with Crippen LogP contribution >= 0.6 is 0 Å². The fraction of sp³-hybridized carbons (Fsp3) is 0.103. The molecule has 0 saturated heterocycles. The second-order valence-electron chi connectivity index (χ2n) is 13.0. The number of ether oxygens (including phenoxy) is 2. The van der Waals surface area contributed by atoms with Crippen LogP contribution in [0.15, 0.2) is 119 Å². The number of rotatable bonds is 18. The Kier molecular flexibility index (Phi) is 13.5. The Morgan fingerprint density at radius 3 is 1.75 bits per heavy atom. The normalized spacial score (nSPS) is 11.8. The Balaban J connectivity index is 1.40. The van der Waals surface area contributed by atoms with Crippen molar-refractivity contribution < 1.29 is 77.4 Å². The summed E-state index contributed by atoms with van der Waals surface area (Å²) in [5, 5.41) is 93.8. The molecule has 6 aromatic rings. The zero-order valence-corrected chi connectivity index (χ0v) is 33.4. The molecular formula is C39H30N8O17S. The molecule has 9 N–H and O–H groups in total. The summed E-state index contributed by atoms with van der Waals surface area (Å²) in [5.41, 5.74) is -4.82. The van der Waals surface area contributed by atoms with Gasteiger partial charge in [-0.2, -0.15) is 13.5 Å². The molecule has 334 valence electrons. The second-order valence-corrected chi connectivity index (χ2v) is 14.3. The van der Waals surface area contributed by atoms with Crippen molar-refractivity contribution in [1.29, 1.82) is 0 Å². The number of azo groups is 3. The number of carboxylic acid groups (broad SMARTS) is 4. The molecule has 0 amide bonds. The summed E-state index contributed by atoms with van der Waals surface area (Å²) in [6.07, 6.45) is 0. The summed E-state index contributed by atoms with van der Waals surface area (Å²) in [4.78, 5) is 58.8. The zero-order chi connectivity index (χ0) is 47.2. The van der Waals surface area contributed by atoms with E-state index in [1.165, 1.54) is 42.5 Å². The number of aromatic nitrogens is 2. The predicted molar refractivity (Wildman–Crippen MR) is 220 cm³/mol. The number of nitrogens with zero attached hydrogens (tertiary/aromatic N) is 7. The van der Waals surface area contributed by atoms with Gasteiger partial charge in [-0.1, -0.05) is 0 Å². The minimum Gasteiger partial charge on any atom is -0.505 e. The highest BCUT2D eigenvalue weighted by atomic mass is 32.2. The van der Waals surface area contributed by atoms with Gasteiger partial charge in [-0.3, -0.25) is 14.4 Å². The minimum atomic E-state index is -5.21. The van der Waals surface area contributed by atoms with E-state index >= 15 is 0 Å². The topological polar surface area (TPSA) is 395 Å². The molecule has 0 aliphatic heterocycles. The van der Waals surface area contributed by atoms with E-state index in [1.807, 2.05) is 0 Å². The number of hydrogen-bond acceptors (Lipinski definition) is 18. The Morgan fingerprint density at radius 2 is 1.20 bits per heavy atom. The van der Waals surface area contributed by atoms with Gasteiger partial charge < -0.3 is 45.2 Å². The van der Waals surface area contributed by atoms with Crippen LogP contribution in [-0.4, -0.2) is 109 Å². The van der Waals surface area contributed by atoms with E-state index in [1.54, 1.807) is 0 Å². The molecule has 0 aliphatic rings. The third-order valence-corrected chi connectivity index (χ3v) is 9.63. The number of carbonyl (C=O) groups is 4. The average molecular weight is 915 g/mol. The van der Waals surface area contributed by atoms with Gasteiger partial charge in [-0.05, 0) is 72.1 Å². The van der Waals surface area contributed by atoms with Gasteiger partial charge in [0.25, 0.3) is 15.7 Å². The molecule has 25 nitrogen and oxygen atoms in total. The molecule has 0 unspecified atom stereocenters. The molecule has 0 atom stereocenters. The standard InChI is InChI=1S/C39H30N8O17S/c48-9-11-63-28-17-27(29(64-12-10-49)16-26(28)42-41-25-14-19(37(54)55)3-7-24(25)38(56)57)43-44-31-30(65(60,61)62)15-20-13-21(4-8-23(20)34(31)50)40-45-32-33(39(58)59)46-47(35(32)51)22-5-1-18(2-6-22)36(52)53/h1-8,13-17,46,48-50H,9-12H2,(H,52,53)(H,54,55)(H,56,57)(H,58,59)(H,60,61,62). The molecule has 0 aliphatic carbocycles. The number of aromatic amines is 1. The lowest BCUT2D eigenvalue weighted by Gasteiger charge is -2.13. The first-order valence-electron chi connectivity index (χ1n) is 18.1. The average Bonchev–Trinajstić information content (AvgIpc) is 3.61. The number of phenols is 1. The largest absolute Gasteiger partial charge is 0.505 e. The van der Waals surface area contributed by atoms with Crippen LogP contribution in [0.2, 0.25) is 0 Å². The summed E-state index contributed by atoms with van der Waals surface area (Å²) in [5.74, 6) is -6.95. The van der Waals surface area contributed by atoms with Crippen LogP contribution in [-0.2, 0) is 10.1 Å². The number of phenolic OH excluding ortho intramolecular Hbond substituents is 1. The Bertz CT molecular complexity index is 3160. The lowest BCUT2D eigenvalue weighted by Crippen LogP contribution is -2.14. The number of aliphatic hydroxyl groups is 2. The van der Waals surface area contributed by atoms with Gasteiger partial charge in [-0.15, -0.1) is 25.6 Å². The van der Waals surface area contributed by atoms with E-state index in [2.05, 4.69) is 35.8 Å². The van der Waals surface area contributed by atoms with Crippen molar-refractivity contribution in [3.8, 4) is 22.9 Å². The van der Waals surface area contributed by atoms with Gasteiger partial charge in [-0.25, -0.2) is 23.9 Å². The summed E-state index contributed by atoms with van der Waals surface area (Å²) < 4.78 is 47.5. The summed E-state index contributed by atoms with van der Waals surface area (Å²) >= 11 is 0. The van der Waals surface area contributed by atoms with Crippen LogP contribution in [0.25, 0.3) is 16.5 Å². The third kappa shape index (κ3) is 10.2. The smallest absolute Gasteiger partial charge is 0.356 e. The van der Waals surface area contributed by atoms with Crippen molar-refractivity contribution in [3.05, 3.63) is 112 Å². The van der Waals surface area contributed by atoms with Crippen molar-refractivity contribution in [2.24, 2.45) is 30.7 Å². The van der Waals surface area contributed by atoms with Crippen LogP contribution in [0.5, 0.6) is 17.2 Å². The number of aromatic hydroxyl groups is 1. The van der Waals surface area contributed by atoms with Gasteiger partial charge in [0, 0.05) is 17.5 Å². The third-order valence-electron chi connectivity index (χ3n) is 8.77. The van der Waals surface area contributed by atoms with Gasteiger partial charge >= 0.3 is 23.9 Å². The first kappa shape index (κ1) is 45.8. The van der Waals surface area contributed by atoms with Crippen LogP contribution < -0.4 is 15.0 Å². The van der Waals surface area contributed by atoms with Crippen molar-refractivity contribution in [2.45, 2.75) is 4.90 Å². The van der Waals surface area contributed by atoms with E-state index in [0.29, 0.717) is 0 Å². The summed E-state index contributed by atoms with van der Waals surface area (Å²) in [7, 11) is -5.21. The second kappa shape index (κ2) is 19.1. The number of benzene rings is 5. The maximum atomic E-state index is 13.2. The molecule has 0 radical (unpaired) electrons. The van der Waals surface area contributed by atoms with E-state index in [-0.39, 0.29) is 75.0 Å². The van der Waals surface area contributed by atoms with E-state index in [9.17, 15) is 67.6 Å². The van der Waals surface area contributed by atoms with Gasteiger partial charge in [0.2, 0.25) is 0 Å². The lowest BCUT2D eigenvalue weighted by molar-refractivity contribution is 0.0682. The van der Waals surface area contributed by atoms with E-state index in [0.717, 1.165) is 41.1 Å². The Morgan fingerprint density at radius 1 is 0.631 bits per heavy atom. The van der Waals surface area contributed by atoms with Crippen molar-refractivity contribution in [1.82, 2.24) is 9.78 Å². The highest BCUT2D eigenvalue weighted by Crippen LogP contribution is 2.45. The van der Waals surface area contributed by atoms with Gasteiger partial charge in [0.1, 0.15) is 52.4 Å². The first-order chi connectivity index (χ1) is 30.9. The maximum absolute atomic E-state index is 13.2. The molecule has 1 heterocycles. The van der Waals surface area contributed by atoms with Crippen LogP contribution in [0.4, 0.5) is 34.1 Å². The number of fused-ring (bicyclic) bond motifs is 1. The summed E-state index contributed by atoms with van der Waals surface area (Å²) in [6.45, 7) is -1.77.